The van der Waals surface area contributed by atoms with Crippen molar-refractivity contribution in [1.29, 1.82) is 0 Å². The fraction of sp³-hybridized carbons (Fsp3) is 0.100. The van der Waals surface area contributed by atoms with Crippen molar-refractivity contribution >= 4 is 22.9 Å². The standard InChI is InChI=1S/C20H14F3N7OS/c21-20(22,23)15-4-11(12-5-25-26-6-12)10-30-17(13-7-27-28-8-13)16(29-18(15)30)19(31)24-9-14-2-1-3-32-14/h1-8,10H,9H2,(H,24,31)(H,25,26)(H,27,28). The van der Waals surface area contributed by atoms with Gasteiger partial charge in [0.15, 0.2) is 11.3 Å². The van der Waals surface area contributed by atoms with Gasteiger partial charge in [0, 0.05) is 40.2 Å². The van der Waals surface area contributed by atoms with Crippen LogP contribution in [0.15, 0.2) is 54.6 Å². The lowest BCUT2D eigenvalue weighted by atomic mass is 10.1. The highest BCUT2D eigenvalue weighted by Gasteiger charge is 2.36. The van der Waals surface area contributed by atoms with Crippen LogP contribution in [-0.2, 0) is 12.7 Å². The third kappa shape index (κ3) is 3.54. The number of aromatic amines is 2. The largest absolute Gasteiger partial charge is 0.420 e. The van der Waals surface area contributed by atoms with Gasteiger partial charge in [-0.15, -0.1) is 11.3 Å². The molecule has 0 aromatic carbocycles. The normalized spacial score (nSPS) is 11.8. The fourth-order valence-electron chi connectivity index (χ4n) is 3.40. The highest BCUT2D eigenvalue weighted by Crippen LogP contribution is 2.37. The number of carbonyl (C=O) groups is 1. The van der Waals surface area contributed by atoms with Crippen molar-refractivity contribution in [3.63, 3.8) is 0 Å². The molecule has 0 fully saturated rings. The Morgan fingerprint density at radius 2 is 1.88 bits per heavy atom. The van der Waals surface area contributed by atoms with Gasteiger partial charge in [-0.1, -0.05) is 6.07 Å². The number of H-pyrrole nitrogens is 2. The SMILES string of the molecule is O=C(NCc1cccs1)c1nc2c(C(F)(F)F)cc(-c3cn[nH]c3)cn2c1-c1cn[nH]c1. The van der Waals surface area contributed by atoms with Gasteiger partial charge in [-0.05, 0) is 17.5 Å². The van der Waals surface area contributed by atoms with Gasteiger partial charge in [-0.3, -0.25) is 19.4 Å². The number of amides is 1. The first-order valence-electron chi connectivity index (χ1n) is 9.34. The molecule has 0 saturated heterocycles. The van der Waals surface area contributed by atoms with Gasteiger partial charge in [0.05, 0.1) is 30.2 Å². The first-order valence-corrected chi connectivity index (χ1v) is 10.2. The summed E-state index contributed by atoms with van der Waals surface area (Å²) in [4.78, 5) is 18.0. The number of thiophene rings is 1. The quantitative estimate of drug-likeness (QED) is 0.369. The maximum atomic E-state index is 14.0. The number of carbonyl (C=O) groups excluding carboxylic acids is 1. The minimum absolute atomic E-state index is 0.127. The second-order valence-corrected chi connectivity index (χ2v) is 7.91. The molecule has 1 amide bonds. The third-order valence-corrected chi connectivity index (χ3v) is 5.72. The van der Waals surface area contributed by atoms with E-state index in [0.29, 0.717) is 11.1 Å². The molecule has 0 aliphatic rings. The van der Waals surface area contributed by atoms with E-state index in [1.54, 1.807) is 0 Å². The minimum Gasteiger partial charge on any atom is -0.346 e. The Hall–Kier alpha value is -3.93. The van der Waals surface area contributed by atoms with E-state index in [-0.39, 0.29) is 29.1 Å². The van der Waals surface area contributed by atoms with Crippen molar-refractivity contribution in [2.75, 3.05) is 0 Å². The summed E-state index contributed by atoms with van der Waals surface area (Å²) in [5, 5.41) is 17.5. The number of aromatic nitrogens is 6. The lowest BCUT2D eigenvalue weighted by Gasteiger charge is -2.11. The van der Waals surface area contributed by atoms with Gasteiger partial charge < -0.3 is 5.32 Å². The number of imidazole rings is 1. The molecule has 5 rings (SSSR count). The first kappa shape index (κ1) is 20.0. The van der Waals surface area contributed by atoms with E-state index >= 15 is 0 Å². The highest BCUT2D eigenvalue weighted by molar-refractivity contribution is 7.09. The number of nitrogens with one attached hydrogen (secondary N) is 3. The first-order chi connectivity index (χ1) is 15.4. The van der Waals surface area contributed by atoms with Gasteiger partial charge in [0.2, 0.25) is 0 Å². The Morgan fingerprint density at radius 1 is 1.12 bits per heavy atom. The average Bonchev–Trinajstić information content (AvgIpc) is 3.55. The summed E-state index contributed by atoms with van der Waals surface area (Å²) in [6.07, 6.45) is 2.65. The topological polar surface area (TPSA) is 104 Å². The zero-order chi connectivity index (χ0) is 22.3. The summed E-state index contributed by atoms with van der Waals surface area (Å²) in [6.45, 7) is 0.238. The molecule has 0 aliphatic heterocycles. The summed E-state index contributed by atoms with van der Waals surface area (Å²) in [5.41, 5.74) is -0.0954. The molecule has 32 heavy (non-hydrogen) atoms. The van der Waals surface area contributed by atoms with Gasteiger partial charge in [-0.2, -0.15) is 23.4 Å². The molecular weight excluding hydrogens is 443 g/mol. The summed E-state index contributed by atoms with van der Waals surface area (Å²) in [5.74, 6) is -0.587. The summed E-state index contributed by atoms with van der Waals surface area (Å²) >= 11 is 1.46. The van der Waals surface area contributed by atoms with E-state index in [4.69, 9.17) is 0 Å². The molecule has 0 aliphatic carbocycles. The van der Waals surface area contributed by atoms with Crippen LogP contribution in [0.2, 0.25) is 0 Å². The van der Waals surface area contributed by atoms with Crippen molar-refractivity contribution in [2.45, 2.75) is 12.7 Å². The molecule has 3 N–H and O–H groups in total. The maximum Gasteiger partial charge on any atom is 0.420 e. The van der Waals surface area contributed by atoms with Gasteiger partial charge in [-0.25, -0.2) is 4.98 Å². The number of pyridine rings is 1. The Bertz CT molecular complexity index is 1370. The van der Waals surface area contributed by atoms with Crippen LogP contribution in [0.25, 0.3) is 28.0 Å². The predicted octanol–water partition coefficient (Wildman–Crippen LogP) is 4.12. The Morgan fingerprint density at radius 3 is 2.50 bits per heavy atom. The molecule has 162 valence electrons. The smallest absolute Gasteiger partial charge is 0.346 e. The van der Waals surface area contributed by atoms with Crippen LogP contribution < -0.4 is 5.32 Å². The van der Waals surface area contributed by atoms with Crippen molar-refractivity contribution < 1.29 is 18.0 Å². The van der Waals surface area contributed by atoms with Crippen molar-refractivity contribution in [3.05, 3.63) is 70.7 Å². The summed E-state index contributed by atoms with van der Waals surface area (Å²) in [7, 11) is 0. The van der Waals surface area contributed by atoms with Crippen LogP contribution in [0.3, 0.4) is 0 Å². The number of fused-ring (bicyclic) bond motifs is 1. The second-order valence-electron chi connectivity index (χ2n) is 6.88. The van der Waals surface area contributed by atoms with E-state index in [1.807, 2.05) is 17.5 Å². The average molecular weight is 457 g/mol. The molecule has 0 spiro atoms. The molecule has 5 aromatic rings. The summed E-state index contributed by atoms with van der Waals surface area (Å²) in [6, 6.07) is 4.70. The van der Waals surface area contributed by atoms with Crippen LogP contribution in [-0.4, -0.2) is 35.7 Å². The highest BCUT2D eigenvalue weighted by atomic mass is 32.1. The monoisotopic (exact) mass is 457 g/mol. The number of rotatable bonds is 5. The van der Waals surface area contributed by atoms with Gasteiger partial charge in [0.25, 0.3) is 5.91 Å². The molecule has 0 atom stereocenters. The molecule has 5 heterocycles. The fourth-order valence-corrected chi connectivity index (χ4v) is 4.04. The molecule has 8 nitrogen and oxygen atoms in total. The summed E-state index contributed by atoms with van der Waals surface area (Å²) < 4.78 is 43.2. The van der Waals surface area contributed by atoms with Crippen molar-refractivity contribution in [3.8, 4) is 22.4 Å². The molecule has 0 unspecified atom stereocenters. The number of halogens is 3. The van der Waals surface area contributed by atoms with Gasteiger partial charge in [0.1, 0.15) is 0 Å². The van der Waals surface area contributed by atoms with E-state index in [2.05, 4.69) is 30.7 Å². The maximum absolute atomic E-state index is 14.0. The molecule has 0 saturated carbocycles. The van der Waals surface area contributed by atoms with Crippen LogP contribution in [0.1, 0.15) is 20.9 Å². The zero-order valence-corrected chi connectivity index (χ0v) is 17.0. The Kier molecular flexibility index (Phi) is 4.78. The predicted molar refractivity (Wildman–Crippen MR) is 111 cm³/mol. The van der Waals surface area contributed by atoms with E-state index < -0.39 is 17.6 Å². The lowest BCUT2D eigenvalue weighted by Crippen LogP contribution is -2.23. The van der Waals surface area contributed by atoms with E-state index in [0.717, 1.165) is 10.9 Å². The van der Waals surface area contributed by atoms with E-state index in [9.17, 15) is 18.0 Å². The van der Waals surface area contributed by atoms with Crippen molar-refractivity contribution in [2.24, 2.45) is 0 Å². The molecule has 5 aromatic heterocycles. The molecule has 12 heteroatoms. The molecule has 0 bridgehead atoms. The number of hydrogen-bond donors (Lipinski definition) is 3. The zero-order valence-electron chi connectivity index (χ0n) is 16.1. The minimum atomic E-state index is -4.69. The van der Waals surface area contributed by atoms with Crippen LogP contribution in [0.4, 0.5) is 13.2 Å². The van der Waals surface area contributed by atoms with Crippen molar-refractivity contribution in [1.82, 2.24) is 35.1 Å². The van der Waals surface area contributed by atoms with Crippen LogP contribution >= 0.6 is 11.3 Å². The number of alkyl halides is 3. The van der Waals surface area contributed by atoms with Crippen LogP contribution in [0, 0.1) is 0 Å². The molecular formula is C20H14F3N7OS. The lowest BCUT2D eigenvalue weighted by molar-refractivity contribution is -0.136. The number of nitrogens with zero attached hydrogens (tertiary/aromatic N) is 4. The Balaban J connectivity index is 1.71. The van der Waals surface area contributed by atoms with Crippen LogP contribution in [0.5, 0.6) is 0 Å². The number of hydrogen-bond acceptors (Lipinski definition) is 5. The van der Waals surface area contributed by atoms with Gasteiger partial charge >= 0.3 is 6.18 Å². The second kappa shape index (κ2) is 7.64. The van der Waals surface area contributed by atoms with E-state index in [1.165, 1.54) is 46.7 Å². The Labute approximate surface area is 182 Å². The third-order valence-electron chi connectivity index (χ3n) is 4.85. The molecule has 0 radical (unpaired) electrons.